The van der Waals surface area contributed by atoms with E-state index < -0.39 is 0 Å². The van der Waals surface area contributed by atoms with Crippen LogP contribution in [0, 0.1) is 0 Å². The summed E-state index contributed by atoms with van der Waals surface area (Å²) in [6.45, 7) is 11.2. The quantitative estimate of drug-likeness (QED) is 0.385. The highest BCUT2D eigenvalue weighted by Gasteiger charge is 2.17. The summed E-state index contributed by atoms with van der Waals surface area (Å²) < 4.78 is 5.21. The zero-order valence-corrected chi connectivity index (χ0v) is 9.05. The molecule has 0 radical (unpaired) electrons. The van der Waals surface area contributed by atoms with Crippen LogP contribution in [0.15, 0.2) is 25.3 Å². The molecular formula is C12H20O2. The Labute approximate surface area is 86.6 Å². The Kier molecular flexibility index (Phi) is 6.81. The number of esters is 1. The van der Waals surface area contributed by atoms with Crippen LogP contribution in [0.1, 0.15) is 39.0 Å². The van der Waals surface area contributed by atoms with Gasteiger partial charge in [-0.3, -0.25) is 0 Å². The number of rotatable bonds is 2. The van der Waals surface area contributed by atoms with Crippen molar-refractivity contribution in [3.63, 3.8) is 0 Å². The van der Waals surface area contributed by atoms with Crippen LogP contribution >= 0.6 is 0 Å². The summed E-state index contributed by atoms with van der Waals surface area (Å²) in [5.74, 6) is -0.234. The van der Waals surface area contributed by atoms with E-state index in [1.54, 1.807) is 6.92 Å². The van der Waals surface area contributed by atoms with Crippen molar-refractivity contribution < 1.29 is 9.53 Å². The van der Waals surface area contributed by atoms with Crippen LogP contribution in [0.4, 0.5) is 0 Å². The average Bonchev–Trinajstić information content (AvgIpc) is 2.22. The molecule has 0 amide bonds. The van der Waals surface area contributed by atoms with Gasteiger partial charge in [-0.1, -0.05) is 13.0 Å². The normalized spacial score (nSPS) is 16.4. The molecule has 2 nitrogen and oxygen atoms in total. The second-order valence-electron chi connectivity index (χ2n) is 3.45. The Hall–Kier alpha value is -1.05. The maximum Gasteiger partial charge on any atom is 0.333 e. The smallest absolute Gasteiger partial charge is 0.333 e. The zero-order chi connectivity index (χ0) is 11.0. The van der Waals surface area contributed by atoms with Crippen molar-refractivity contribution in [3.8, 4) is 0 Å². The molecule has 0 aliphatic heterocycles. The fourth-order valence-electron chi connectivity index (χ4n) is 1.43. The molecule has 0 N–H and O–H groups in total. The van der Waals surface area contributed by atoms with Gasteiger partial charge in [0.1, 0.15) is 6.10 Å². The topological polar surface area (TPSA) is 26.3 Å². The minimum Gasteiger partial charge on any atom is -0.459 e. The molecule has 1 aliphatic carbocycles. The summed E-state index contributed by atoms with van der Waals surface area (Å²) in [7, 11) is 0. The number of hydrogen-bond acceptors (Lipinski definition) is 2. The van der Waals surface area contributed by atoms with E-state index in [0.29, 0.717) is 5.57 Å². The molecule has 0 spiro atoms. The van der Waals surface area contributed by atoms with Crippen molar-refractivity contribution in [2.24, 2.45) is 0 Å². The van der Waals surface area contributed by atoms with Gasteiger partial charge in [0, 0.05) is 5.57 Å². The van der Waals surface area contributed by atoms with E-state index in [4.69, 9.17) is 4.74 Å². The third-order valence-corrected chi connectivity index (χ3v) is 2.17. The van der Waals surface area contributed by atoms with Crippen LogP contribution in [0.2, 0.25) is 0 Å². The monoisotopic (exact) mass is 196 g/mol. The predicted molar refractivity (Wildman–Crippen MR) is 59.0 cm³/mol. The molecule has 80 valence electrons. The molecule has 1 rings (SSSR count). The zero-order valence-electron chi connectivity index (χ0n) is 9.05. The molecular weight excluding hydrogens is 176 g/mol. The number of hydrogen-bond donors (Lipinski definition) is 0. The van der Waals surface area contributed by atoms with Crippen molar-refractivity contribution in [1.29, 1.82) is 0 Å². The summed E-state index contributed by atoms with van der Waals surface area (Å²) in [5.41, 5.74) is 0.501. The third kappa shape index (κ3) is 4.85. The first-order chi connectivity index (χ1) is 6.70. The highest BCUT2D eigenvalue weighted by Crippen LogP contribution is 2.20. The Morgan fingerprint density at radius 3 is 2.14 bits per heavy atom. The molecule has 14 heavy (non-hydrogen) atoms. The van der Waals surface area contributed by atoms with Crippen molar-refractivity contribution in [2.75, 3.05) is 0 Å². The molecule has 2 heteroatoms. The van der Waals surface area contributed by atoms with E-state index in [1.807, 2.05) is 0 Å². The number of carbonyl (C=O) groups is 1. The van der Waals surface area contributed by atoms with Crippen molar-refractivity contribution in [2.45, 2.75) is 45.1 Å². The molecule has 0 saturated heterocycles. The lowest BCUT2D eigenvalue weighted by atomic mass is 9.98. The lowest BCUT2D eigenvalue weighted by Gasteiger charge is -2.21. The van der Waals surface area contributed by atoms with E-state index in [1.165, 1.54) is 19.3 Å². The molecule has 0 heterocycles. The predicted octanol–water partition coefficient (Wildman–Crippen LogP) is 3.24. The molecule has 0 aromatic heterocycles. The second kappa shape index (κ2) is 7.36. The molecule has 1 saturated carbocycles. The summed E-state index contributed by atoms with van der Waals surface area (Å²) in [6, 6.07) is 0. The molecule has 0 aromatic carbocycles. The molecule has 1 aliphatic rings. The van der Waals surface area contributed by atoms with E-state index in [-0.39, 0.29) is 12.1 Å². The third-order valence-electron chi connectivity index (χ3n) is 2.17. The van der Waals surface area contributed by atoms with Gasteiger partial charge < -0.3 is 4.74 Å². The van der Waals surface area contributed by atoms with Gasteiger partial charge in [-0.2, -0.15) is 0 Å². The van der Waals surface area contributed by atoms with Crippen LogP contribution in [-0.4, -0.2) is 12.1 Å². The molecule has 0 atom stereocenters. The van der Waals surface area contributed by atoms with E-state index in [0.717, 1.165) is 12.8 Å². The number of ether oxygens (including phenoxy) is 1. The van der Waals surface area contributed by atoms with Gasteiger partial charge in [0.05, 0.1) is 0 Å². The maximum atomic E-state index is 11.1. The molecule has 0 bridgehead atoms. The summed E-state index contributed by atoms with van der Waals surface area (Å²) in [6.07, 6.45) is 5.87. The minimum absolute atomic E-state index is 0.156. The fourth-order valence-corrected chi connectivity index (χ4v) is 1.43. The highest BCUT2D eigenvalue weighted by molar-refractivity contribution is 5.87. The van der Waals surface area contributed by atoms with Gasteiger partial charge in [-0.15, -0.1) is 13.2 Å². The van der Waals surface area contributed by atoms with E-state index >= 15 is 0 Å². The SMILES string of the molecule is C=C.C=C(C)C(=O)OC1CCCCC1. The van der Waals surface area contributed by atoms with E-state index in [2.05, 4.69) is 19.7 Å². The lowest BCUT2D eigenvalue weighted by molar-refractivity contribution is -0.145. The second-order valence-corrected chi connectivity index (χ2v) is 3.45. The first kappa shape index (κ1) is 12.9. The van der Waals surface area contributed by atoms with Gasteiger partial charge in [0.2, 0.25) is 0 Å². The lowest BCUT2D eigenvalue weighted by Crippen LogP contribution is -2.20. The van der Waals surface area contributed by atoms with Crippen molar-refractivity contribution >= 4 is 5.97 Å². The highest BCUT2D eigenvalue weighted by atomic mass is 16.5. The average molecular weight is 196 g/mol. The Morgan fingerprint density at radius 1 is 1.21 bits per heavy atom. The Bertz CT molecular complexity index is 190. The van der Waals surface area contributed by atoms with Crippen LogP contribution in [0.25, 0.3) is 0 Å². The molecule has 1 fully saturated rings. The first-order valence-electron chi connectivity index (χ1n) is 5.06. The summed E-state index contributed by atoms with van der Waals surface area (Å²) >= 11 is 0. The van der Waals surface area contributed by atoms with Crippen LogP contribution in [0.5, 0.6) is 0 Å². The standard InChI is InChI=1S/C10H16O2.C2H4/c1-8(2)10(11)12-9-6-4-3-5-7-9;1-2/h9H,1,3-7H2,2H3;1-2H2. The fraction of sp³-hybridized carbons (Fsp3) is 0.583. The largest absolute Gasteiger partial charge is 0.459 e. The van der Waals surface area contributed by atoms with Crippen LogP contribution in [0.3, 0.4) is 0 Å². The minimum atomic E-state index is -0.234. The van der Waals surface area contributed by atoms with Gasteiger partial charge in [-0.25, -0.2) is 4.79 Å². The van der Waals surface area contributed by atoms with Crippen LogP contribution in [-0.2, 0) is 9.53 Å². The van der Waals surface area contributed by atoms with Gasteiger partial charge in [0.25, 0.3) is 0 Å². The number of carbonyl (C=O) groups excluding carboxylic acids is 1. The van der Waals surface area contributed by atoms with Gasteiger partial charge in [0.15, 0.2) is 0 Å². The first-order valence-corrected chi connectivity index (χ1v) is 5.06. The molecule has 0 aromatic rings. The summed E-state index contributed by atoms with van der Waals surface area (Å²) in [5, 5.41) is 0. The summed E-state index contributed by atoms with van der Waals surface area (Å²) in [4.78, 5) is 11.1. The van der Waals surface area contributed by atoms with Crippen molar-refractivity contribution in [1.82, 2.24) is 0 Å². The Morgan fingerprint density at radius 2 is 1.71 bits per heavy atom. The van der Waals surface area contributed by atoms with E-state index in [9.17, 15) is 4.79 Å². The van der Waals surface area contributed by atoms with Gasteiger partial charge >= 0.3 is 5.97 Å². The maximum absolute atomic E-state index is 11.1. The Balaban J connectivity index is 0.000000791. The molecule has 0 unspecified atom stereocenters. The van der Waals surface area contributed by atoms with Crippen LogP contribution < -0.4 is 0 Å². The van der Waals surface area contributed by atoms with Gasteiger partial charge in [-0.05, 0) is 32.6 Å². The van der Waals surface area contributed by atoms with Crippen molar-refractivity contribution in [3.05, 3.63) is 25.3 Å².